The fraction of sp³-hybridized carbons (Fsp3) is 0.500. The van der Waals surface area contributed by atoms with Crippen LogP contribution >= 0.6 is 11.8 Å². The number of carboxylic acid groups (broad SMARTS) is 1. The Hall–Kier alpha value is -2.55. The van der Waals surface area contributed by atoms with Crippen LogP contribution in [0.15, 0.2) is 53.8 Å². The Bertz CT molecular complexity index is 1150. The summed E-state index contributed by atoms with van der Waals surface area (Å²) in [6.07, 6.45) is 6.82. The van der Waals surface area contributed by atoms with E-state index in [1.54, 1.807) is 13.3 Å². The Morgan fingerprint density at radius 1 is 1.28 bits per heavy atom. The SMILES string of the molecule is COc1ccc2nccc([C@@H](O)CC[C@@H]3CCN(CCCSc4cccn4C)C[C@@H]3CC(=O)O)c2c1. The number of likely N-dealkylation sites (tertiary alicyclic amines) is 1. The minimum Gasteiger partial charge on any atom is -0.497 e. The molecule has 0 unspecified atom stereocenters. The molecule has 8 heteroatoms. The summed E-state index contributed by atoms with van der Waals surface area (Å²) in [5.41, 5.74) is 1.68. The van der Waals surface area contributed by atoms with Crippen LogP contribution in [0, 0.1) is 11.8 Å². The number of hydrogen-bond donors (Lipinski definition) is 2. The van der Waals surface area contributed by atoms with Crippen LogP contribution < -0.4 is 4.74 Å². The van der Waals surface area contributed by atoms with Crippen LogP contribution in [0.3, 0.4) is 0 Å². The van der Waals surface area contributed by atoms with E-state index in [9.17, 15) is 15.0 Å². The molecular formula is C28H37N3O4S. The number of benzene rings is 1. The van der Waals surface area contributed by atoms with Crippen LogP contribution in [0.4, 0.5) is 0 Å². The summed E-state index contributed by atoms with van der Waals surface area (Å²) in [5, 5.41) is 22.8. The third kappa shape index (κ3) is 6.81. The monoisotopic (exact) mass is 511 g/mol. The zero-order chi connectivity index (χ0) is 25.5. The maximum absolute atomic E-state index is 11.6. The molecule has 2 N–H and O–H groups in total. The van der Waals surface area contributed by atoms with Gasteiger partial charge in [-0.25, -0.2) is 0 Å². The fourth-order valence-corrected chi connectivity index (χ4v) is 6.27. The number of nitrogens with zero attached hydrogens (tertiary/aromatic N) is 3. The number of aromatic nitrogens is 2. The van der Waals surface area contributed by atoms with Gasteiger partial charge in [-0.2, -0.15) is 0 Å². The van der Waals surface area contributed by atoms with Crippen molar-refractivity contribution in [2.24, 2.45) is 18.9 Å². The van der Waals surface area contributed by atoms with E-state index >= 15 is 0 Å². The number of methoxy groups -OCH3 is 1. The van der Waals surface area contributed by atoms with E-state index in [-0.39, 0.29) is 12.3 Å². The molecule has 194 valence electrons. The average molecular weight is 512 g/mol. The second-order valence-corrected chi connectivity index (χ2v) is 10.9. The summed E-state index contributed by atoms with van der Waals surface area (Å²) in [6, 6.07) is 11.8. The molecular weight excluding hydrogens is 474 g/mol. The van der Waals surface area contributed by atoms with Crippen molar-refractivity contribution < 1.29 is 19.7 Å². The number of carboxylic acids is 1. The van der Waals surface area contributed by atoms with Gasteiger partial charge in [-0.15, -0.1) is 11.8 Å². The molecule has 1 aliphatic heterocycles. The number of hydrogen-bond acceptors (Lipinski definition) is 6. The zero-order valence-electron chi connectivity index (χ0n) is 21.2. The summed E-state index contributed by atoms with van der Waals surface area (Å²) in [6.45, 7) is 2.80. The van der Waals surface area contributed by atoms with Crippen molar-refractivity contribution >= 4 is 28.6 Å². The Labute approximate surface area is 217 Å². The molecule has 3 aromatic rings. The minimum absolute atomic E-state index is 0.109. The number of aliphatic hydroxyl groups excluding tert-OH is 1. The molecule has 1 aromatic carbocycles. The number of pyridine rings is 1. The van der Waals surface area contributed by atoms with E-state index in [1.165, 1.54) is 5.03 Å². The Morgan fingerprint density at radius 2 is 2.14 bits per heavy atom. The Balaban J connectivity index is 1.32. The summed E-state index contributed by atoms with van der Waals surface area (Å²) >= 11 is 1.87. The van der Waals surface area contributed by atoms with Crippen molar-refractivity contribution in [2.45, 2.75) is 43.2 Å². The van der Waals surface area contributed by atoms with E-state index in [2.05, 4.69) is 39.8 Å². The lowest BCUT2D eigenvalue weighted by Gasteiger charge is -2.38. The van der Waals surface area contributed by atoms with Crippen LogP contribution in [0.25, 0.3) is 10.9 Å². The molecule has 1 aliphatic rings. The quantitative estimate of drug-likeness (QED) is 0.262. The molecule has 0 amide bonds. The van der Waals surface area contributed by atoms with E-state index in [4.69, 9.17) is 4.74 Å². The predicted molar refractivity (Wildman–Crippen MR) is 144 cm³/mol. The molecule has 4 rings (SSSR count). The lowest BCUT2D eigenvalue weighted by Crippen LogP contribution is -2.42. The van der Waals surface area contributed by atoms with Crippen LogP contribution in [0.1, 0.15) is 43.8 Å². The number of thioether (sulfide) groups is 1. The van der Waals surface area contributed by atoms with Crippen molar-refractivity contribution in [1.82, 2.24) is 14.5 Å². The largest absolute Gasteiger partial charge is 0.497 e. The minimum atomic E-state index is -0.737. The van der Waals surface area contributed by atoms with Crippen molar-refractivity contribution in [2.75, 3.05) is 32.5 Å². The summed E-state index contributed by atoms with van der Waals surface area (Å²) in [4.78, 5) is 18.5. The topological polar surface area (TPSA) is 87.8 Å². The first-order valence-corrected chi connectivity index (χ1v) is 13.7. The van der Waals surface area contributed by atoms with Gasteiger partial charge in [0.05, 0.1) is 23.8 Å². The normalized spacial score (nSPS) is 19.4. The summed E-state index contributed by atoms with van der Waals surface area (Å²) in [7, 11) is 3.69. The van der Waals surface area contributed by atoms with Gasteiger partial charge in [-0.05, 0) is 92.6 Å². The van der Waals surface area contributed by atoms with Gasteiger partial charge in [0.15, 0.2) is 0 Å². The van der Waals surface area contributed by atoms with E-state index in [0.29, 0.717) is 12.3 Å². The molecule has 3 heterocycles. The van der Waals surface area contributed by atoms with Crippen LogP contribution in [0.5, 0.6) is 5.75 Å². The Kier molecular flexibility index (Phi) is 9.29. The van der Waals surface area contributed by atoms with Crippen LogP contribution in [0.2, 0.25) is 0 Å². The first kappa shape index (κ1) is 26.5. The summed E-state index contributed by atoms with van der Waals surface area (Å²) < 4.78 is 7.50. The van der Waals surface area contributed by atoms with Gasteiger partial charge in [-0.1, -0.05) is 0 Å². The molecule has 0 aliphatic carbocycles. The smallest absolute Gasteiger partial charge is 0.303 e. The van der Waals surface area contributed by atoms with Crippen LogP contribution in [-0.2, 0) is 11.8 Å². The molecule has 0 spiro atoms. The lowest BCUT2D eigenvalue weighted by molar-refractivity contribution is -0.139. The van der Waals surface area contributed by atoms with Crippen molar-refractivity contribution in [1.29, 1.82) is 0 Å². The highest BCUT2D eigenvalue weighted by atomic mass is 32.2. The highest BCUT2D eigenvalue weighted by Gasteiger charge is 2.31. The van der Waals surface area contributed by atoms with Crippen molar-refractivity contribution in [3.05, 3.63) is 54.4 Å². The maximum Gasteiger partial charge on any atom is 0.303 e. The molecule has 36 heavy (non-hydrogen) atoms. The number of aryl methyl sites for hydroxylation is 1. The van der Waals surface area contributed by atoms with Gasteiger partial charge in [0, 0.05) is 43.5 Å². The van der Waals surface area contributed by atoms with Gasteiger partial charge >= 0.3 is 5.97 Å². The first-order chi connectivity index (χ1) is 17.4. The number of aliphatic carboxylic acids is 1. The van der Waals surface area contributed by atoms with Crippen molar-refractivity contribution in [3.8, 4) is 5.75 Å². The predicted octanol–water partition coefficient (Wildman–Crippen LogP) is 4.99. The fourth-order valence-electron chi connectivity index (χ4n) is 5.35. The van der Waals surface area contributed by atoms with Crippen LogP contribution in [-0.4, -0.2) is 63.1 Å². The number of aliphatic hydroxyl groups is 1. The first-order valence-electron chi connectivity index (χ1n) is 12.7. The van der Waals surface area contributed by atoms with Gasteiger partial charge < -0.3 is 24.4 Å². The standard InChI is InChI=1S/C28H37N3O4S/c1-30-13-3-5-27(30)36-16-4-14-31-15-11-20(21(19-31)17-28(33)34)6-9-26(32)23-10-12-29-25-8-7-22(35-2)18-24(23)25/h3,5,7-8,10,12-13,18,20-21,26,32H,4,6,9,11,14-17,19H2,1-2H3,(H,33,34)/t20-,21+,26+/m1/s1. The van der Waals surface area contributed by atoms with E-state index in [1.807, 2.05) is 36.0 Å². The molecule has 0 radical (unpaired) electrons. The molecule has 1 fully saturated rings. The molecule has 2 aromatic heterocycles. The van der Waals surface area contributed by atoms with Gasteiger partial charge in [0.1, 0.15) is 5.75 Å². The number of carbonyl (C=O) groups is 1. The number of piperidine rings is 1. The number of ether oxygens (including phenoxy) is 1. The average Bonchev–Trinajstić information content (AvgIpc) is 3.29. The summed E-state index contributed by atoms with van der Waals surface area (Å²) in [5.74, 6) is 1.46. The maximum atomic E-state index is 11.6. The Morgan fingerprint density at radius 3 is 2.89 bits per heavy atom. The van der Waals surface area contributed by atoms with Gasteiger partial charge in [0.25, 0.3) is 0 Å². The second-order valence-electron chi connectivity index (χ2n) is 9.74. The van der Waals surface area contributed by atoms with E-state index < -0.39 is 12.1 Å². The second kappa shape index (κ2) is 12.6. The van der Waals surface area contributed by atoms with Crippen molar-refractivity contribution in [3.63, 3.8) is 0 Å². The zero-order valence-corrected chi connectivity index (χ0v) is 22.0. The molecule has 3 atom stereocenters. The highest BCUT2D eigenvalue weighted by Crippen LogP contribution is 2.35. The molecule has 1 saturated heterocycles. The van der Waals surface area contributed by atoms with Gasteiger partial charge in [-0.3, -0.25) is 9.78 Å². The molecule has 7 nitrogen and oxygen atoms in total. The van der Waals surface area contributed by atoms with E-state index in [0.717, 1.165) is 66.9 Å². The number of rotatable bonds is 12. The third-order valence-corrected chi connectivity index (χ3v) is 8.54. The molecule has 0 saturated carbocycles. The molecule has 0 bridgehead atoms. The van der Waals surface area contributed by atoms with Gasteiger partial charge in [0.2, 0.25) is 0 Å². The number of fused-ring (bicyclic) bond motifs is 1. The third-order valence-electron chi connectivity index (χ3n) is 7.33. The highest BCUT2D eigenvalue weighted by molar-refractivity contribution is 7.99. The lowest BCUT2D eigenvalue weighted by atomic mass is 9.79.